The maximum absolute atomic E-state index is 12.9. The Balaban J connectivity index is 1.70. The van der Waals surface area contributed by atoms with E-state index in [9.17, 15) is 4.79 Å². The normalized spacial score (nSPS) is 10.9. The second-order valence-electron chi connectivity index (χ2n) is 7.60. The molecule has 0 N–H and O–H groups in total. The summed E-state index contributed by atoms with van der Waals surface area (Å²) in [6, 6.07) is 24.6. The summed E-state index contributed by atoms with van der Waals surface area (Å²) in [5, 5.41) is 6.77. The Morgan fingerprint density at radius 2 is 1.49 bits per heavy atom. The van der Waals surface area contributed by atoms with Gasteiger partial charge in [-0.3, -0.25) is 0 Å². The lowest BCUT2D eigenvalue weighted by Gasteiger charge is -2.02. The molecule has 3 aromatic carbocycles. The number of carbonyl (C=O) groups excluding carboxylic acids is 1. The Labute approximate surface area is 216 Å². The molecule has 35 heavy (non-hydrogen) atoms. The number of ether oxygens (including phenoxy) is 1. The highest BCUT2D eigenvalue weighted by molar-refractivity contribution is 7.17. The number of benzene rings is 3. The van der Waals surface area contributed by atoms with Gasteiger partial charge in [0, 0.05) is 27.4 Å². The van der Waals surface area contributed by atoms with Gasteiger partial charge in [-0.2, -0.15) is 5.10 Å². The average molecular weight is 520 g/mol. The van der Waals surface area contributed by atoms with Gasteiger partial charge < -0.3 is 4.74 Å². The van der Waals surface area contributed by atoms with Gasteiger partial charge in [-0.1, -0.05) is 65.7 Å². The number of thiazole rings is 1. The third kappa shape index (κ3) is 4.86. The highest BCUT2D eigenvalue weighted by Crippen LogP contribution is 2.39. The van der Waals surface area contributed by atoms with Crippen LogP contribution in [0.1, 0.15) is 16.6 Å². The molecular weight excluding hydrogens is 501 g/mol. The van der Waals surface area contributed by atoms with Gasteiger partial charge in [0.15, 0.2) is 0 Å². The third-order valence-corrected chi connectivity index (χ3v) is 6.86. The smallest absolute Gasteiger partial charge is 0.350 e. The zero-order valence-electron chi connectivity index (χ0n) is 18.6. The Hall–Kier alpha value is -3.45. The fraction of sp³-hybridized carbons (Fsp3) is 0.0741. The molecule has 0 spiro atoms. The first-order valence-electron chi connectivity index (χ1n) is 10.9. The van der Waals surface area contributed by atoms with Crippen LogP contribution in [0.4, 0.5) is 0 Å². The first-order chi connectivity index (χ1) is 17.0. The zero-order chi connectivity index (χ0) is 24.4. The zero-order valence-corrected chi connectivity index (χ0v) is 20.9. The number of carbonyl (C=O) groups is 1. The minimum Gasteiger partial charge on any atom is -0.462 e. The predicted molar refractivity (Wildman–Crippen MR) is 142 cm³/mol. The van der Waals surface area contributed by atoms with E-state index in [0.717, 1.165) is 28.1 Å². The Kier molecular flexibility index (Phi) is 6.68. The monoisotopic (exact) mass is 519 g/mol. The standard InChI is InChI=1S/C27H19Cl2N3O2S/c1-2-34-27(33)25-24(18-10-14-20(29)15-11-18)30-26(35-25)22-16-32(21-6-4-3-5-7-21)31-23(22)17-8-12-19(28)13-9-17/h3-16H,2H2,1H3. The van der Waals surface area contributed by atoms with Gasteiger partial charge in [-0.15, -0.1) is 11.3 Å². The van der Waals surface area contributed by atoms with Crippen LogP contribution in [-0.4, -0.2) is 27.3 Å². The SMILES string of the molecule is CCOC(=O)c1sc(-c2cn(-c3ccccc3)nc2-c2ccc(Cl)cc2)nc1-c1ccc(Cl)cc1. The molecule has 0 fully saturated rings. The fourth-order valence-electron chi connectivity index (χ4n) is 3.64. The summed E-state index contributed by atoms with van der Waals surface area (Å²) in [5.74, 6) is -0.412. The Morgan fingerprint density at radius 1 is 0.886 bits per heavy atom. The van der Waals surface area contributed by atoms with E-state index in [0.29, 0.717) is 25.6 Å². The summed E-state index contributed by atoms with van der Waals surface area (Å²) < 4.78 is 7.15. The molecule has 174 valence electrons. The van der Waals surface area contributed by atoms with E-state index >= 15 is 0 Å². The molecule has 0 atom stereocenters. The van der Waals surface area contributed by atoms with E-state index < -0.39 is 5.97 Å². The first kappa shape index (κ1) is 23.3. The van der Waals surface area contributed by atoms with Crippen LogP contribution in [0.25, 0.3) is 38.8 Å². The van der Waals surface area contributed by atoms with Gasteiger partial charge in [0.05, 0.1) is 23.6 Å². The maximum Gasteiger partial charge on any atom is 0.350 e. The molecule has 0 saturated carbocycles. The lowest BCUT2D eigenvalue weighted by atomic mass is 10.1. The Morgan fingerprint density at radius 3 is 2.09 bits per heavy atom. The number of esters is 1. The fourth-order valence-corrected chi connectivity index (χ4v) is 4.88. The highest BCUT2D eigenvalue weighted by Gasteiger charge is 2.24. The molecule has 0 aliphatic carbocycles. The summed E-state index contributed by atoms with van der Waals surface area (Å²) in [5.41, 5.74) is 4.66. The molecular formula is C27H19Cl2N3O2S. The van der Waals surface area contributed by atoms with Crippen molar-refractivity contribution >= 4 is 40.5 Å². The Bertz CT molecular complexity index is 1480. The van der Waals surface area contributed by atoms with Crippen molar-refractivity contribution in [1.29, 1.82) is 0 Å². The largest absolute Gasteiger partial charge is 0.462 e. The molecule has 0 bridgehead atoms. The molecule has 5 aromatic rings. The minimum absolute atomic E-state index is 0.272. The summed E-state index contributed by atoms with van der Waals surface area (Å²) in [4.78, 5) is 18.2. The van der Waals surface area contributed by atoms with Crippen LogP contribution < -0.4 is 0 Å². The molecule has 0 amide bonds. The molecule has 2 aromatic heterocycles. The first-order valence-corrected chi connectivity index (χ1v) is 12.5. The number of para-hydroxylation sites is 1. The van der Waals surface area contributed by atoms with E-state index in [-0.39, 0.29) is 6.61 Å². The van der Waals surface area contributed by atoms with Gasteiger partial charge in [0.2, 0.25) is 0 Å². The number of halogens is 2. The average Bonchev–Trinajstić information content (AvgIpc) is 3.51. The van der Waals surface area contributed by atoms with E-state index in [1.165, 1.54) is 11.3 Å². The van der Waals surface area contributed by atoms with Crippen molar-refractivity contribution in [2.24, 2.45) is 0 Å². The van der Waals surface area contributed by atoms with Gasteiger partial charge in [-0.05, 0) is 43.3 Å². The van der Waals surface area contributed by atoms with Crippen LogP contribution in [0, 0.1) is 0 Å². The molecule has 5 rings (SSSR count). The molecule has 0 aliphatic heterocycles. The van der Waals surface area contributed by atoms with Crippen molar-refractivity contribution in [3.05, 3.63) is 100.0 Å². The van der Waals surface area contributed by atoms with Crippen molar-refractivity contribution in [2.45, 2.75) is 6.92 Å². The molecule has 5 nitrogen and oxygen atoms in total. The van der Waals surface area contributed by atoms with E-state index in [2.05, 4.69) is 0 Å². The molecule has 0 aliphatic rings. The summed E-state index contributed by atoms with van der Waals surface area (Å²) >= 11 is 13.5. The lowest BCUT2D eigenvalue weighted by Crippen LogP contribution is -2.03. The van der Waals surface area contributed by atoms with Gasteiger partial charge in [-0.25, -0.2) is 14.5 Å². The van der Waals surface area contributed by atoms with Crippen molar-refractivity contribution in [2.75, 3.05) is 6.61 Å². The second kappa shape index (κ2) is 10.0. The molecule has 0 saturated heterocycles. The quantitative estimate of drug-likeness (QED) is 0.214. The van der Waals surface area contributed by atoms with Crippen LogP contribution >= 0.6 is 34.5 Å². The number of aromatic nitrogens is 3. The third-order valence-electron chi connectivity index (χ3n) is 5.29. The predicted octanol–water partition coefficient (Wildman–Crippen LogP) is 7.81. The van der Waals surface area contributed by atoms with Crippen molar-refractivity contribution in [1.82, 2.24) is 14.8 Å². The molecule has 0 radical (unpaired) electrons. The van der Waals surface area contributed by atoms with E-state index in [4.69, 9.17) is 38.0 Å². The summed E-state index contributed by atoms with van der Waals surface area (Å²) in [6.45, 7) is 2.05. The highest BCUT2D eigenvalue weighted by atomic mass is 35.5. The molecule has 0 unspecified atom stereocenters. The topological polar surface area (TPSA) is 57.0 Å². The van der Waals surface area contributed by atoms with Crippen LogP contribution in [0.3, 0.4) is 0 Å². The van der Waals surface area contributed by atoms with E-state index in [1.807, 2.05) is 77.6 Å². The minimum atomic E-state index is -0.412. The van der Waals surface area contributed by atoms with Gasteiger partial charge in [0.25, 0.3) is 0 Å². The number of nitrogens with zero attached hydrogens (tertiary/aromatic N) is 3. The molecule has 8 heteroatoms. The van der Waals surface area contributed by atoms with Crippen LogP contribution in [0.5, 0.6) is 0 Å². The van der Waals surface area contributed by atoms with Gasteiger partial charge in [0.1, 0.15) is 15.6 Å². The van der Waals surface area contributed by atoms with E-state index in [1.54, 1.807) is 19.1 Å². The number of hydrogen-bond acceptors (Lipinski definition) is 5. The second-order valence-corrected chi connectivity index (χ2v) is 9.47. The van der Waals surface area contributed by atoms with Gasteiger partial charge >= 0.3 is 5.97 Å². The van der Waals surface area contributed by atoms with Crippen molar-refractivity contribution < 1.29 is 9.53 Å². The van der Waals surface area contributed by atoms with Crippen LogP contribution in [-0.2, 0) is 4.74 Å². The number of hydrogen-bond donors (Lipinski definition) is 0. The molecule has 2 heterocycles. The lowest BCUT2D eigenvalue weighted by molar-refractivity contribution is 0.0532. The maximum atomic E-state index is 12.9. The van der Waals surface area contributed by atoms with Crippen LogP contribution in [0.2, 0.25) is 10.0 Å². The number of rotatable bonds is 6. The van der Waals surface area contributed by atoms with Crippen molar-refractivity contribution in [3.63, 3.8) is 0 Å². The summed E-state index contributed by atoms with van der Waals surface area (Å²) in [6.07, 6.45) is 1.93. The van der Waals surface area contributed by atoms with Crippen molar-refractivity contribution in [3.8, 4) is 38.8 Å². The summed E-state index contributed by atoms with van der Waals surface area (Å²) in [7, 11) is 0. The van der Waals surface area contributed by atoms with Crippen LogP contribution in [0.15, 0.2) is 85.1 Å².